The first-order valence-corrected chi connectivity index (χ1v) is 15.4. The van der Waals surface area contributed by atoms with E-state index in [-0.39, 0.29) is 4.83 Å². The monoisotopic (exact) mass is 1050 g/mol. The van der Waals surface area contributed by atoms with Crippen molar-refractivity contribution >= 4 is 175 Å². The SMILES string of the molecule is CC(Br)(c1ccccc1)C1(Br)C(Br)C(Br)(Br)C(Br)(Br)C(Br)(Br)C1(Br)Br. The number of alkyl halides is 11. The Morgan fingerprint density at radius 1 is 0.760 bits per heavy atom. The van der Waals surface area contributed by atoms with Crippen LogP contribution in [0.25, 0.3) is 0 Å². The van der Waals surface area contributed by atoms with Crippen molar-refractivity contribution in [3.63, 3.8) is 0 Å². The topological polar surface area (TPSA) is 0 Å². The minimum Gasteiger partial charge on any atom is -0.0848 e. The lowest BCUT2D eigenvalue weighted by atomic mass is 9.76. The smallest absolute Gasteiger partial charge is 0.0848 e. The van der Waals surface area contributed by atoms with Crippen LogP contribution in [0.1, 0.15) is 12.5 Å². The molecule has 142 valence electrons. The van der Waals surface area contributed by atoms with Crippen LogP contribution in [-0.2, 0) is 4.32 Å². The Morgan fingerprint density at radius 3 is 1.64 bits per heavy atom. The minimum absolute atomic E-state index is 0.141. The Bertz CT molecular complexity index is 652. The van der Waals surface area contributed by atoms with Crippen molar-refractivity contribution in [2.45, 2.75) is 33.3 Å². The molecule has 0 amide bonds. The quantitative estimate of drug-likeness (QED) is 0.259. The van der Waals surface area contributed by atoms with E-state index in [0.717, 1.165) is 5.56 Å². The molecule has 25 heavy (non-hydrogen) atoms. The maximum absolute atomic E-state index is 4.09. The average Bonchev–Trinajstić information content (AvgIpc) is 2.52. The molecule has 0 saturated heterocycles. The van der Waals surface area contributed by atoms with Gasteiger partial charge in [0.2, 0.25) is 0 Å². The van der Waals surface area contributed by atoms with Crippen molar-refractivity contribution in [3.8, 4) is 0 Å². The van der Waals surface area contributed by atoms with Gasteiger partial charge < -0.3 is 0 Å². The molecule has 1 saturated carbocycles. The van der Waals surface area contributed by atoms with Gasteiger partial charge in [0.1, 0.15) is 12.9 Å². The number of hydrogen-bond acceptors (Lipinski definition) is 0. The van der Waals surface area contributed by atoms with E-state index < -0.39 is 21.6 Å². The van der Waals surface area contributed by atoms with Crippen LogP contribution < -0.4 is 0 Å². The summed E-state index contributed by atoms with van der Waals surface area (Å²) in [5, 5.41) is 0. The zero-order chi connectivity index (χ0) is 19.7. The van der Waals surface area contributed by atoms with E-state index in [4.69, 9.17) is 0 Å². The predicted molar refractivity (Wildman–Crippen MR) is 149 cm³/mol. The first-order valence-electron chi connectivity index (χ1n) is 6.60. The number of halogens is 11. The Balaban J connectivity index is 2.82. The summed E-state index contributed by atoms with van der Waals surface area (Å²) in [4.78, 5) is -0.141. The molecule has 0 N–H and O–H groups in total. The molecule has 1 aliphatic rings. The molecule has 3 unspecified atom stereocenters. The third kappa shape index (κ3) is 3.51. The highest BCUT2D eigenvalue weighted by atomic mass is 79.9. The lowest BCUT2D eigenvalue weighted by molar-refractivity contribution is 0.359. The van der Waals surface area contributed by atoms with Gasteiger partial charge >= 0.3 is 0 Å². The molecule has 1 aliphatic carbocycles. The van der Waals surface area contributed by atoms with Crippen molar-refractivity contribution in [2.75, 3.05) is 0 Å². The van der Waals surface area contributed by atoms with Crippen LogP contribution in [-0.4, -0.2) is 22.1 Å². The highest BCUT2D eigenvalue weighted by Gasteiger charge is 2.82. The zero-order valence-corrected chi connectivity index (χ0v) is 29.6. The lowest BCUT2D eigenvalue weighted by Gasteiger charge is -2.66. The molecule has 1 aromatic rings. The van der Waals surface area contributed by atoms with Crippen LogP contribution in [0.15, 0.2) is 30.3 Å². The molecule has 0 spiro atoms. The predicted octanol–water partition coefficient (Wildman–Crippen LogP) is 10.2. The van der Waals surface area contributed by atoms with Crippen molar-refractivity contribution in [1.82, 2.24) is 0 Å². The highest BCUT2D eigenvalue weighted by Crippen LogP contribution is 2.80. The molecule has 0 heterocycles. The molecule has 0 aromatic heterocycles. The Labute approximate surface area is 240 Å². The minimum atomic E-state index is -0.704. The summed E-state index contributed by atoms with van der Waals surface area (Å²) in [5.74, 6) is 0. The van der Waals surface area contributed by atoms with E-state index in [1.165, 1.54) is 0 Å². The van der Waals surface area contributed by atoms with Gasteiger partial charge in [0.25, 0.3) is 0 Å². The van der Waals surface area contributed by atoms with E-state index >= 15 is 0 Å². The number of rotatable bonds is 2. The van der Waals surface area contributed by atoms with E-state index in [2.05, 4.69) is 194 Å². The van der Waals surface area contributed by atoms with Crippen molar-refractivity contribution in [1.29, 1.82) is 0 Å². The molecule has 3 atom stereocenters. The van der Waals surface area contributed by atoms with Gasteiger partial charge in [-0.15, -0.1) is 0 Å². The second-order valence-electron chi connectivity index (χ2n) is 5.79. The van der Waals surface area contributed by atoms with E-state index in [0.29, 0.717) is 0 Å². The second-order valence-corrected chi connectivity index (χ2v) is 23.4. The van der Waals surface area contributed by atoms with Crippen molar-refractivity contribution in [2.24, 2.45) is 0 Å². The third-order valence-corrected chi connectivity index (χ3v) is 27.8. The molecule has 0 aliphatic heterocycles. The Hall–Kier alpha value is 4.50. The van der Waals surface area contributed by atoms with Gasteiger partial charge in [0.05, 0.1) is 13.5 Å². The fraction of sp³-hybridized carbons (Fsp3) is 0.571. The fourth-order valence-electron chi connectivity index (χ4n) is 2.70. The van der Waals surface area contributed by atoms with Crippen LogP contribution in [0, 0.1) is 0 Å². The van der Waals surface area contributed by atoms with Crippen LogP contribution in [0.3, 0.4) is 0 Å². The zero-order valence-electron chi connectivity index (χ0n) is 12.1. The van der Waals surface area contributed by atoms with E-state index in [1.54, 1.807) is 0 Å². The maximum atomic E-state index is 4.09. The Morgan fingerprint density at radius 2 is 1.20 bits per heavy atom. The molecule has 2 rings (SSSR count). The molecule has 1 aromatic carbocycles. The summed E-state index contributed by atoms with van der Waals surface area (Å²) in [7, 11) is 0. The summed E-state index contributed by atoms with van der Waals surface area (Å²) >= 11 is 43.1. The first kappa shape index (κ1) is 25.8. The van der Waals surface area contributed by atoms with Crippen LogP contribution in [0.2, 0.25) is 0 Å². The van der Waals surface area contributed by atoms with E-state index in [9.17, 15) is 0 Å². The largest absolute Gasteiger partial charge is 0.134 e. The molecule has 0 bridgehead atoms. The second kappa shape index (κ2) is 8.13. The van der Waals surface area contributed by atoms with E-state index in [1.807, 2.05) is 18.2 Å². The fourth-order valence-corrected chi connectivity index (χ4v) is 16.3. The van der Waals surface area contributed by atoms with Crippen molar-refractivity contribution < 1.29 is 0 Å². The summed E-state index contributed by atoms with van der Waals surface area (Å²) < 4.78 is -3.76. The molecule has 1 fully saturated rings. The summed E-state index contributed by atoms with van der Waals surface area (Å²) in [6.45, 7) is 2.14. The molecule has 11 heteroatoms. The molecule has 0 radical (unpaired) electrons. The standard InChI is InChI=1S/C14H9Br11/c1-9(16,7-5-3-2-4-6-7)10(17)8(15)11(18,19)13(22,23)14(24,25)12(10,20)21/h2-6,8H,1H3. The van der Waals surface area contributed by atoms with Crippen LogP contribution >= 0.6 is 175 Å². The lowest BCUT2D eigenvalue weighted by Crippen LogP contribution is -2.78. The Kier molecular flexibility index (Phi) is 8.37. The summed E-state index contributed by atoms with van der Waals surface area (Å²) in [5.41, 5.74) is 1.13. The van der Waals surface area contributed by atoms with Gasteiger partial charge in [-0.1, -0.05) is 206 Å². The number of hydrogen-bond donors (Lipinski definition) is 0. The van der Waals surface area contributed by atoms with Gasteiger partial charge in [0.15, 0.2) is 0 Å². The van der Waals surface area contributed by atoms with Gasteiger partial charge in [0, 0.05) is 0 Å². The highest BCUT2D eigenvalue weighted by molar-refractivity contribution is 9.35. The van der Waals surface area contributed by atoms with Crippen LogP contribution in [0.4, 0.5) is 0 Å². The van der Waals surface area contributed by atoms with Gasteiger partial charge in [-0.2, -0.15) is 0 Å². The molecule has 0 nitrogen and oxygen atoms in total. The van der Waals surface area contributed by atoms with Gasteiger partial charge in [-0.05, 0) is 12.5 Å². The molecular formula is C14H9Br11. The van der Waals surface area contributed by atoms with Gasteiger partial charge in [-0.25, -0.2) is 0 Å². The normalized spacial score (nSPS) is 35.0. The first-order chi connectivity index (χ1) is 11.0. The van der Waals surface area contributed by atoms with Crippen LogP contribution in [0.5, 0.6) is 0 Å². The van der Waals surface area contributed by atoms with Gasteiger partial charge in [-0.3, -0.25) is 0 Å². The maximum Gasteiger partial charge on any atom is 0.134 e. The summed E-state index contributed by atoms with van der Waals surface area (Å²) in [6, 6.07) is 10.3. The summed E-state index contributed by atoms with van der Waals surface area (Å²) in [6.07, 6.45) is 0. The number of benzene rings is 1. The third-order valence-electron chi connectivity index (χ3n) is 4.33. The van der Waals surface area contributed by atoms with Crippen molar-refractivity contribution in [3.05, 3.63) is 35.9 Å². The molecular weight excluding hydrogens is 1050 g/mol. The average molecular weight is 1060 g/mol.